The van der Waals surface area contributed by atoms with Crippen molar-refractivity contribution in [1.82, 2.24) is 0 Å². The van der Waals surface area contributed by atoms with E-state index in [-0.39, 0.29) is 11.2 Å². The van der Waals surface area contributed by atoms with Gasteiger partial charge in [0, 0.05) is 0 Å². The molecule has 4 nitrogen and oxygen atoms in total. The molecular formula is C14H22O4. The first-order valence-electron chi connectivity index (χ1n) is 6.20. The summed E-state index contributed by atoms with van der Waals surface area (Å²) in [6.45, 7) is 8.55. The highest BCUT2D eigenvalue weighted by molar-refractivity contribution is 5.84. The Labute approximate surface area is 108 Å². The van der Waals surface area contributed by atoms with Gasteiger partial charge in [0.1, 0.15) is 11.9 Å². The smallest absolute Gasteiger partial charge is 0.371 e. The second-order valence-corrected chi connectivity index (χ2v) is 6.13. The highest BCUT2D eigenvalue weighted by Crippen LogP contribution is 2.30. The summed E-state index contributed by atoms with van der Waals surface area (Å²) in [6.07, 6.45) is 0.830. The normalized spacial score (nSPS) is 15.4. The topological polar surface area (TPSA) is 70.7 Å². The van der Waals surface area contributed by atoms with Gasteiger partial charge in [0.25, 0.3) is 0 Å². The predicted molar refractivity (Wildman–Crippen MR) is 68.5 cm³/mol. The zero-order chi connectivity index (χ0) is 13.9. The van der Waals surface area contributed by atoms with Crippen LogP contribution in [0.15, 0.2) is 16.5 Å². The molecule has 1 heterocycles. The van der Waals surface area contributed by atoms with E-state index in [0.717, 1.165) is 6.42 Å². The second kappa shape index (κ2) is 5.57. The van der Waals surface area contributed by atoms with Crippen LogP contribution < -0.4 is 0 Å². The molecule has 2 unspecified atom stereocenters. The molecule has 2 atom stereocenters. The van der Waals surface area contributed by atoms with Crippen molar-refractivity contribution in [2.75, 3.05) is 0 Å². The zero-order valence-corrected chi connectivity index (χ0v) is 11.4. The van der Waals surface area contributed by atoms with Gasteiger partial charge in [-0.3, -0.25) is 0 Å². The largest absolute Gasteiger partial charge is 0.475 e. The Morgan fingerprint density at radius 1 is 1.39 bits per heavy atom. The van der Waals surface area contributed by atoms with E-state index in [1.807, 2.05) is 0 Å². The van der Waals surface area contributed by atoms with Crippen LogP contribution in [-0.2, 0) is 0 Å². The maximum atomic E-state index is 10.7. The van der Waals surface area contributed by atoms with Gasteiger partial charge in [0.05, 0.1) is 0 Å². The first kappa shape index (κ1) is 14.8. The fourth-order valence-corrected chi connectivity index (χ4v) is 2.27. The molecule has 0 aromatic carbocycles. The van der Waals surface area contributed by atoms with E-state index in [0.29, 0.717) is 18.1 Å². The van der Waals surface area contributed by atoms with Crippen molar-refractivity contribution >= 4 is 5.97 Å². The molecule has 0 saturated carbocycles. The molecule has 2 N–H and O–H groups in total. The molecule has 4 heteroatoms. The van der Waals surface area contributed by atoms with E-state index in [1.165, 1.54) is 12.1 Å². The summed E-state index contributed by atoms with van der Waals surface area (Å²) in [5, 5.41) is 18.7. The quantitative estimate of drug-likeness (QED) is 0.844. The van der Waals surface area contributed by atoms with E-state index in [4.69, 9.17) is 9.52 Å². The first-order valence-corrected chi connectivity index (χ1v) is 6.20. The van der Waals surface area contributed by atoms with Crippen LogP contribution in [0.25, 0.3) is 0 Å². The van der Waals surface area contributed by atoms with E-state index < -0.39 is 12.1 Å². The maximum Gasteiger partial charge on any atom is 0.371 e. The Morgan fingerprint density at radius 2 is 2.00 bits per heavy atom. The molecule has 0 saturated heterocycles. The van der Waals surface area contributed by atoms with Crippen LogP contribution in [0.5, 0.6) is 0 Å². The Bertz CT molecular complexity index is 400. The van der Waals surface area contributed by atoms with Crippen LogP contribution in [-0.4, -0.2) is 16.2 Å². The van der Waals surface area contributed by atoms with Gasteiger partial charge < -0.3 is 14.6 Å². The lowest BCUT2D eigenvalue weighted by molar-refractivity contribution is 0.0645. The molecular weight excluding hydrogens is 232 g/mol. The number of carbonyl (C=O) groups is 1. The number of furan rings is 1. The van der Waals surface area contributed by atoms with Crippen molar-refractivity contribution in [2.45, 2.75) is 46.6 Å². The Balaban J connectivity index is 2.59. The molecule has 1 rings (SSSR count). The Hall–Kier alpha value is -1.29. The SMILES string of the molecule is CC(CC(O)c1ccc(C(=O)O)o1)CC(C)(C)C. The van der Waals surface area contributed by atoms with Crippen molar-refractivity contribution in [1.29, 1.82) is 0 Å². The van der Waals surface area contributed by atoms with Crippen molar-refractivity contribution in [3.05, 3.63) is 23.7 Å². The minimum atomic E-state index is -1.11. The molecule has 0 aliphatic carbocycles. The maximum absolute atomic E-state index is 10.7. The Morgan fingerprint density at radius 3 is 2.44 bits per heavy atom. The molecule has 102 valence electrons. The second-order valence-electron chi connectivity index (χ2n) is 6.13. The number of aliphatic hydroxyl groups is 1. The number of rotatable bonds is 5. The summed E-state index contributed by atoms with van der Waals surface area (Å²) < 4.78 is 5.09. The lowest BCUT2D eigenvalue weighted by Gasteiger charge is -2.24. The standard InChI is InChI=1S/C14H22O4/c1-9(8-14(2,3)4)7-10(15)11-5-6-12(18-11)13(16)17/h5-6,9-10,15H,7-8H2,1-4H3,(H,16,17). The summed E-state index contributed by atoms with van der Waals surface area (Å²) >= 11 is 0. The molecule has 0 radical (unpaired) electrons. The number of aliphatic hydroxyl groups excluding tert-OH is 1. The van der Waals surface area contributed by atoms with Crippen LogP contribution in [0.1, 0.15) is 63.0 Å². The summed E-state index contributed by atoms with van der Waals surface area (Å²) in [4.78, 5) is 10.7. The predicted octanol–water partition coefficient (Wildman–Crippen LogP) is 3.47. The van der Waals surface area contributed by atoms with Gasteiger partial charge in [-0.15, -0.1) is 0 Å². The number of carboxylic acid groups (broad SMARTS) is 1. The van der Waals surface area contributed by atoms with Crippen LogP contribution >= 0.6 is 0 Å². The number of hydrogen-bond donors (Lipinski definition) is 2. The molecule has 0 spiro atoms. The highest BCUT2D eigenvalue weighted by atomic mass is 16.4. The van der Waals surface area contributed by atoms with Gasteiger partial charge in [0.2, 0.25) is 5.76 Å². The van der Waals surface area contributed by atoms with Crippen molar-refractivity contribution in [3.63, 3.8) is 0 Å². The van der Waals surface area contributed by atoms with Crippen LogP contribution in [0.4, 0.5) is 0 Å². The van der Waals surface area contributed by atoms with Crippen molar-refractivity contribution in [3.8, 4) is 0 Å². The first-order chi connectivity index (χ1) is 8.19. The number of aromatic carboxylic acids is 1. The molecule has 1 aromatic heterocycles. The molecule has 1 aromatic rings. The molecule has 18 heavy (non-hydrogen) atoms. The number of carboxylic acids is 1. The van der Waals surface area contributed by atoms with Crippen molar-refractivity contribution in [2.24, 2.45) is 11.3 Å². The van der Waals surface area contributed by atoms with Gasteiger partial charge in [-0.1, -0.05) is 27.7 Å². The van der Waals surface area contributed by atoms with Gasteiger partial charge >= 0.3 is 5.97 Å². The van der Waals surface area contributed by atoms with Gasteiger partial charge in [0.15, 0.2) is 0 Å². The minimum absolute atomic E-state index is 0.132. The third kappa shape index (κ3) is 4.53. The molecule has 0 amide bonds. The lowest BCUT2D eigenvalue weighted by Crippen LogP contribution is -2.13. The van der Waals surface area contributed by atoms with Gasteiger partial charge in [-0.25, -0.2) is 4.79 Å². The van der Waals surface area contributed by atoms with Crippen LogP contribution in [0.3, 0.4) is 0 Å². The molecule has 0 bridgehead atoms. The lowest BCUT2D eigenvalue weighted by atomic mass is 9.83. The average Bonchev–Trinajstić information content (AvgIpc) is 2.62. The van der Waals surface area contributed by atoms with E-state index in [1.54, 1.807) is 0 Å². The van der Waals surface area contributed by atoms with Gasteiger partial charge in [-0.2, -0.15) is 0 Å². The van der Waals surface area contributed by atoms with Crippen LogP contribution in [0, 0.1) is 11.3 Å². The van der Waals surface area contributed by atoms with Crippen LogP contribution in [0.2, 0.25) is 0 Å². The fourth-order valence-electron chi connectivity index (χ4n) is 2.27. The third-order valence-corrected chi connectivity index (χ3v) is 2.75. The minimum Gasteiger partial charge on any atom is -0.475 e. The molecule has 0 fully saturated rings. The monoisotopic (exact) mass is 254 g/mol. The fraction of sp³-hybridized carbons (Fsp3) is 0.643. The summed E-state index contributed by atoms with van der Waals surface area (Å²) in [7, 11) is 0. The molecule has 0 aliphatic rings. The Kier molecular flexibility index (Phi) is 4.57. The third-order valence-electron chi connectivity index (χ3n) is 2.75. The zero-order valence-electron chi connectivity index (χ0n) is 11.4. The summed E-state index contributed by atoms with van der Waals surface area (Å²) in [6, 6.07) is 2.90. The van der Waals surface area contributed by atoms with Crippen molar-refractivity contribution < 1.29 is 19.4 Å². The summed E-state index contributed by atoms with van der Waals surface area (Å²) in [5.74, 6) is -0.574. The van der Waals surface area contributed by atoms with E-state index >= 15 is 0 Å². The van der Waals surface area contributed by atoms with E-state index in [9.17, 15) is 9.90 Å². The number of hydrogen-bond acceptors (Lipinski definition) is 3. The summed E-state index contributed by atoms with van der Waals surface area (Å²) in [5.41, 5.74) is 0.217. The molecule has 0 aliphatic heterocycles. The average molecular weight is 254 g/mol. The van der Waals surface area contributed by atoms with Gasteiger partial charge in [-0.05, 0) is 36.3 Å². The highest BCUT2D eigenvalue weighted by Gasteiger charge is 2.21. The van der Waals surface area contributed by atoms with E-state index in [2.05, 4.69) is 27.7 Å².